The number of pyridine rings is 1. The third-order valence-electron chi connectivity index (χ3n) is 8.13. The third kappa shape index (κ3) is 6.97. The van der Waals surface area contributed by atoms with Gasteiger partial charge in [-0.05, 0) is 67.2 Å². The van der Waals surface area contributed by atoms with Crippen LogP contribution >= 0.6 is 11.6 Å². The first-order valence-corrected chi connectivity index (χ1v) is 16.9. The fourth-order valence-corrected chi connectivity index (χ4v) is 6.42. The van der Waals surface area contributed by atoms with Crippen molar-refractivity contribution in [1.29, 1.82) is 0 Å². The highest BCUT2D eigenvalue weighted by atomic mass is 35.5. The van der Waals surface area contributed by atoms with E-state index >= 15 is 0 Å². The zero-order valence-corrected chi connectivity index (χ0v) is 27.0. The number of aromatic nitrogens is 3. The number of fused-ring (bicyclic) bond motifs is 1. The molecule has 5 aromatic rings. The molecule has 0 amide bonds. The number of halogens is 4. The summed E-state index contributed by atoms with van der Waals surface area (Å²) < 4.78 is 67.7. The largest absolute Gasteiger partial charge is 0.416 e. The fourth-order valence-electron chi connectivity index (χ4n) is 5.55. The summed E-state index contributed by atoms with van der Waals surface area (Å²) in [6.45, 7) is 3.29. The number of alkyl halides is 3. The summed E-state index contributed by atoms with van der Waals surface area (Å²) in [5, 5.41) is 3.55. The molecule has 1 fully saturated rings. The number of piperazine rings is 1. The van der Waals surface area contributed by atoms with Crippen LogP contribution in [0, 0.1) is 0 Å². The van der Waals surface area contributed by atoms with Gasteiger partial charge >= 0.3 is 6.18 Å². The van der Waals surface area contributed by atoms with Gasteiger partial charge in [0.05, 0.1) is 17.0 Å². The Kier molecular flexibility index (Phi) is 8.72. The Morgan fingerprint density at radius 3 is 2.32 bits per heavy atom. The molecule has 3 heterocycles. The minimum absolute atomic E-state index is 0.0127. The van der Waals surface area contributed by atoms with Crippen LogP contribution in [0.15, 0.2) is 88.7 Å². The number of likely N-dealkylation sites (N-methyl/N-ethyl adjacent to an activating group) is 1. The average molecular weight is 683 g/mol. The molecule has 14 heteroatoms. The Morgan fingerprint density at radius 2 is 1.64 bits per heavy atom. The van der Waals surface area contributed by atoms with Gasteiger partial charge in [0.1, 0.15) is 5.65 Å². The molecular formula is C33H30ClF3N6O3S. The summed E-state index contributed by atoms with van der Waals surface area (Å²) >= 11 is 6.45. The highest BCUT2D eigenvalue weighted by molar-refractivity contribution is 7.90. The molecule has 47 heavy (non-hydrogen) atoms. The number of nitrogens with zero attached hydrogens (tertiary/aromatic N) is 5. The van der Waals surface area contributed by atoms with Crippen molar-refractivity contribution in [2.75, 3.05) is 49.7 Å². The lowest BCUT2D eigenvalue weighted by Gasteiger charge is -2.34. The van der Waals surface area contributed by atoms with Gasteiger partial charge in [0.25, 0.3) is 5.56 Å². The van der Waals surface area contributed by atoms with Crippen molar-refractivity contribution >= 4 is 49.8 Å². The zero-order valence-electron chi connectivity index (χ0n) is 25.4. The number of anilines is 3. The van der Waals surface area contributed by atoms with Crippen molar-refractivity contribution in [1.82, 2.24) is 19.4 Å². The second kappa shape index (κ2) is 12.6. The number of nitrogens with one attached hydrogen (secondary N) is 1. The molecule has 6 rings (SSSR count). The highest BCUT2D eigenvalue weighted by Gasteiger charge is 2.33. The van der Waals surface area contributed by atoms with Crippen molar-refractivity contribution in [3.05, 3.63) is 105 Å². The lowest BCUT2D eigenvalue weighted by Crippen LogP contribution is -2.44. The molecule has 3 aromatic carbocycles. The van der Waals surface area contributed by atoms with Crippen LogP contribution in [0.25, 0.3) is 22.2 Å². The smallest absolute Gasteiger partial charge is 0.369 e. The SMILES string of the molecule is CN1CCN(c2ccc(Nc3ncc4cc(-c5cc(S(C)(=O)=O)ccc5Cl)c(=O)n(Cc5ccccc5C(F)(F)F)c4n3)cc2)CC1. The number of hydrogen-bond acceptors (Lipinski definition) is 8. The van der Waals surface area contributed by atoms with E-state index in [9.17, 15) is 26.4 Å². The van der Waals surface area contributed by atoms with Crippen LogP contribution in [-0.2, 0) is 22.6 Å². The Bertz CT molecular complexity index is 2130. The summed E-state index contributed by atoms with van der Waals surface area (Å²) in [6.07, 6.45) is -2.19. The Balaban J connectivity index is 1.44. The summed E-state index contributed by atoms with van der Waals surface area (Å²) in [6, 6.07) is 18.1. The molecule has 1 aliphatic rings. The summed E-state index contributed by atoms with van der Waals surface area (Å²) in [5.41, 5.74) is 0.189. The summed E-state index contributed by atoms with van der Waals surface area (Å²) in [5.74, 6) is 0.131. The van der Waals surface area contributed by atoms with Crippen molar-refractivity contribution in [3.8, 4) is 11.1 Å². The van der Waals surface area contributed by atoms with Gasteiger partial charge in [-0.1, -0.05) is 29.8 Å². The van der Waals surface area contributed by atoms with Crippen molar-refractivity contribution in [2.24, 2.45) is 0 Å². The van der Waals surface area contributed by atoms with Crippen LogP contribution in [0.5, 0.6) is 0 Å². The van der Waals surface area contributed by atoms with Crippen LogP contribution in [0.4, 0.5) is 30.5 Å². The monoisotopic (exact) mass is 682 g/mol. The van der Waals surface area contributed by atoms with Crippen LogP contribution in [-0.4, -0.2) is 67.3 Å². The maximum absolute atomic E-state index is 14.1. The molecule has 2 aromatic heterocycles. The van der Waals surface area contributed by atoms with Crippen LogP contribution in [0.3, 0.4) is 0 Å². The maximum Gasteiger partial charge on any atom is 0.416 e. The molecule has 0 unspecified atom stereocenters. The van der Waals surface area contributed by atoms with E-state index in [4.69, 9.17) is 11.6 Å². The first-order chi connectivity index (χ1) is 22.3. The molecule has 1 N–H and O–H groups in total. The lowest BCUT2D eigenvalue weighted by atomic mass is 10.0. The first kappa shape index (κ1) is 32.5. The number of hydrogen-bond donors (Lipinski definition) is 1. The van der Waals surface area contributed by atoms with Crippen molar-refractivity contribution < 1.29 is 21.6 Å². The van der Waals surface area contributed by atoms with Gasteiger partial charge in [-0.15, -0.1) is 0 Å². The van der Waals surface area contributed by atoms with Crippen molar-refractivity contribution in [2.45, 2.75) is 17.6 Å². The number of benzene rings is 3. The third-order valence-corrected chi connectivity index (χ3v) is 9.57. The molecule has 0 aliphatic carbocycles. The molecule has 9 nitrogen and oxygen atoms in total. The highest BCUT2D eigenvalue weighted by Crippen LogP contribution is 2.34. The molecule has 0 radical (unpaired) electrons. The van der Waals surface area contributed by atoms with E-state index in [1.165, 1.54) is 48.7 Å². The Morgan fingerprint density at radius 1 is 0.936 bits per heavy atom. The molecule has 0 atom stereocenters. The minimum atomic E-state index is -4.67. The molecule has 1 aliphatic heterocycles. The van der Waals surface area contributed by atoms with Gasteiger partial charge < -0.3 is 15.1 Å². The number of rotatable bonds is 7. The van der Waals surface area contributed by atoms with Gasteiger partial charge in [0.2, 0.25) is 5.95 Å². The topological polar surface area (TPSA) is 100 Å². The predicted molar refractivity (Wildman–Crippen MR) is 177 cm³/mol. The van der Waals surface area contributed by atoms with Gasteiger partial charge in [-0.2, -0.15) is 18.2 Å². The van der Waals surface area contributed by atoms with Gasteiger partial charge in [0, 0.05) is 71.5 Å². The van der Waals surface area contributed by atoms with E-state index in [-0.39, 0.29) is 38.2 Å². The van der Waals surface area contributed by atoms with Gasteiger partial charge in [0.15, 0.2) is 9.84 Å². The minimum Gasteiger partial charge on any atom is -0.369 e. The molecule has 0 spiro atoms. The summed E-state index contributed by atoms with van der Waals surface area (Å²) in [7, 11) is -1.57. The maximum atomic E-state index is 14.1. The fraction of sp³-hybridized carbons (Fsp3) is 0.242. The van der Waals surface area contributed by atoms with E-state index in [0.717, 1.165) is 48.8 Å². The zero-order chi connectivity index (χ0) is 33.5. The van der Waals surface area contributed by atoms with E-state index in [1.54, 1.807) is 0 Å². The van der Waals surface area contributed by atoms with Crippen LogP contribution < -0.4 is 15.8 Å². The van der Waals surface area contributed by atoms with Gasteiger partial charge in [-0.3, -0.25) is 9.36 Å². The molecular weight excluding hydrogens is 653 g/mol. The Labute approximate surface area is 274 Å². The standard InChI is InChI=1S/C33H30ClF3N6O3S/c1-41-13-15-42(16-14-41)24-9-7-23(8-10-24)39-32-38-19-22-17-27(26-18-25(47(2,45)46)11-12-29(26)34)31(44)43(30(22)40-32)20-21-5-3-4-6-28(21)33(35,36)37/h3-12,17-19H,13-16,20H2,1-2H3,(H,38,39,40). The van der Waals surface area contributed by atoms with E-state index in [0.29, 0.717) is 11.1 Å². The summed E-state index contributed by atoms with van der Waals surface area (Å²) in [4.78, 5) is 27.6. The van der Waals surface area contributed by atoms with Crippen LogP contribution in [0.1, 0.15) is 11.1 Å². The first-order valence-electron chi connectivity index (χ1n) is 14.6. The number of sulfone groups is 1. The molecule has 0 bridgehead atoms. The van der Waals surface area contributed by atoms with Gasteiger partial charge in [-0.25, -0.2) is 13.4 Å². The van der Waals surface area contributed by atoms with E-state index < -0.39 is 33.7 Å². The molecule has 244 valence electrons. The van der Waals surface area contributed by atoms with Crippen LogP contribution in [0.2, 0.25) is 5.02 Å². The second-order valence-electron chi connectivity index (χ2n) is 11.5. The second-order valence-corrected chi connectivity index (χ2v) is 13.9. The predicted octanol–water partition coefficient (Wildman–Crippen LogP) is 6.08. The lowest BCUT2D eigenvalue weighted by molar-refractivity contribution is -0.138. The van der Waals surface area contributed by atoms with E-state index in [2.05, 4.69) is 32.1 Å². The Hall–Kier alpha value is -4.46. The average Bonchev–Trinajstić information content (AvgIpc) is 3.03. The molecule has 1 saturated heterocycles. The molecule has 0 saturated carbocycles. The van der Waals surface area contributed by atoms with Crippen molar-refractivity contribution in [3.63, 3.8) is 0 Å². The van der Waals surface area contributed by atoms with E-state index in [1.807, 2.05) is 24.3 Å². The quantitative estimate of drug-likeness (QED) is 0.221. The normalized spacial score (nSPS) is 14.5.